The first-order chi connectivity index (χ1) is 15.2. The lowest BCUT2D eigenvalue weighted by Gasteiger charge is -2.26. The Morgan fingerprint density at radius 3 is 2.77 bits per heavy atom. The summed E-state index contributed by atoms with van der Waals surface area (Å²) in [6, 6.07) is 19.3. The van der Waals surface area contributed by atoms with Crippen molar-refractivity contribution in [2.75, 3.05) is 11.9 Å². The fourth-order valence-corrected chi connectivity index (χ4v) is 4.84. The van der Waals surface area contributed by atoms with Crippen LogP contribution in [0.3, 0.4) is 0 Å². The maximum Gasteiger partial charge on any atom is 0.222 e. The molecule has 0 saturated carbocycles. The molecule has 1 fully saturated rings. The van der Waals surface area contributed by atoms with Gasteiger partial charge in [-0.25, -0.2) is 0 Å². The van der Waals surface area contributed by atoms with E-state index in [1.54, 1.807) is 11.3 Å². The number of rotatable bonds is 7. The molecule has 1 aliphatic heterocycles. The first-order valence-electron chi connectivity index (χ1n) is 10.5. The first kappa shape index (κ1) is 19.7. The zero-order chi connectivity index (χ0) is 21.2. The predicted molar refractivity (Wildman–Crippen MR) is 128 cm³/mol. The Kier molecular flexibility index (Phi) is 5.40. The van der Waals surface area contributed by atoms with E-state index in [9.17, 15) is 4.79 Å². The number of β-lactam (4-membered cyclic amide) rings is 1. The number of hydrogen-bond donors (Lipinski definition) is 3. The van der Waals surface area contributed by atoms with Gasteiger partial charge < -0.3 is 16.0 Å². The molecule has 1 amide bonds. The highest BCUT2D eigenvalue weighted by Crippen LogP contribution is 2.34. The van der Waals surface area contributed by atoms with Crippen molar-refractivity contribution in [1.82, 2.24) is 15.6 Å². The second-order valence-electron chi connectivity index (χ2n) is 7.91. The highest BCUT2D eigenvalue weighted by molar-refractivity contribution is 7.17. The average Bonchev–Trinajstić information content (AvgIpc) is 3.16. The van der Waals surface area contributed by atoms with E-state index in [2.05, 4.69) is 76.8 Å². The minimum Gasteiger partial charge on any atom is -0.353 e. The zero-order valence-corrected chi connectivity index (χ0v) is 18.1. The number of pyridine rings is 1. The molecular formula is C25H24N4OS. The molecule has 1 unspecified atom stereocenters. The normalized spacial score (nSPS) is 15.5. The summed E-state index contributed by atoms with van der Waals surface area (Å²) in [7, 11) is 0. The van der Waals surface area contributed by atoms with Gasteiger partial charge in [0.05, 0.1) is 16.4 Å². The molecular weight excluding hydrogens is 404 g/mol. The Morgan fingerprint density at radius 1 is 1.13 bits per heavy atom. The van der Waals surface area contributed by atoms with Crippen LogP contribution >= 0.6 is 11.3 Å². The molecule has 3 N–H and O–H groups in total. The molecule has 5 nitrogen and oxygen atoms in total. The third-order valence-corrected chi connectivity index (χ3v) is 6.59. The quantitative estimate of drug-likeness (QED) is 0.363. The summed E-state index contributed by atoms with van der Waals surface area (Å²) in [6.07, 6.45) is 2.55. The predicted octanol–water partition coefficient (Wildman–Crippen LogP) is 4.99. The van der Waals surface area contributed by atoms with Gasteiger partial charge in [-0.2, -0.15) is 0 Å². The van der Waals surface area contributed by atoms with Crippen LogP contribution in [0.1, 0.15) is 17.5 Å². The van der Waals surface area contributed by atoms with Crippen LogP contribution in [0.15, 0.2) is 66.2 Å². The molecule has 0 aliphatic carbocycles. The van der Waals surface area contributed by atoms with E-state index >= 15 is 0 Å². The maximum absolute atomic E-state index is 11.0. The molecule has 1 saturated heterocycles. The lowest BCUT2D eigenvalue weighted by Crippen LogP contribution is -2.53. The number of benzene rings is 2. The standard InChI is InChI=1S/C25H24N4OS/c1-16-20(18-6-3-2-4-7-18)8-5-9-21(16)29-22-15-31-23-10-17(13-27-25(22)23)12-26-14-19-11-24(30)28-19/h2-10,13,15,19,26,29H,11-12,14H2,1H3,(H,28,30). The largest absolute Gasteiger partial charge is 0.353 e. The molecule has 156 valence electrons. The smallest absolute Gasteiger partial charge is 0.222 e. The van der Waals surface area contributed by atoms with E-state index in [-0.39, 0.29) is 11.9 Å². The van der Waals surface area contributed by atoms with Gasteiger partial charge in [0.2, 0.25) is 5.91 Å². The summed E-state index contributed by atoms with van der Waals surface area (Å²) in [6.45, 7) is 3.69. The van der Waals surface area contributed by atoms with E-state index in [1.165, 1.54) is 16.7 Å². The molecule has 3 heterocycles. The molecule has 1 atom stereocenters. The lowest BCUT2D eigenvalue weighted by atomic mass is 9.99. The molecule has 2 aromatic heterocycles. The van der Waals surface area contributed by atoms with Crippen LogP contribution in [0.25, 0.3) is 21.3 Å². The SMILES string of the molecule is Cc1c(Nc2csc3cc(CNCC4CC(=O)N4)cnc23)cccc1-c1ccccc1. The highest BCUT2D eigenvalue weighted by atomic mass is 32.1. The fraction of sp³-hybridized carbons (Fsp3) is 0.200. The van der Waals surface area contributed by atoms with Crippen LogP contribution in [-0.2, 0) is 11.3 Å². The fourth-order valence-electron chi connectivity index (χ4n) is 3.93. The summed E-state index contributed by atoms with van der Waals surface area (Å²) in [5.74, 6) is 0.137. The van der Waals surface area contributed by atoms with E-state index in [1.807, 2.05) is 12.3 Å². The van der Waals surface area contributed by atoms with Crippen LogP contribution in [-0.4, -0.2) is 23.5 Å². The van der Waals surface area contributed by atoms with E-state index < -0.39 is 0 Å². The molecule has 0 spiro atoms. The number of nitrogens with zero attached hydrogens (tertiary/aromatic N) is 1. The van der Waals surface area contributed by atoms with Gasteiger partial charge >= 0.3 is 0 Å². The van der Waals surface area contributed by atoms with Gasteiger partial charge in [0.1, 0.15) is 5.52 Å². The maximum atomic E-state index is 11.0. The molecule has 1 aliphatic rings. The van der Waals surface area contributed by atoms with Crippen LogP contribution in [0.2, 0.25) is 0 Å². The Balaban J connectivity index is 1.31. The van der Waals surface area contributed by atoms with E-state index in [0.29, 0.717) is 6.42 Å². The second-order valence-corrected chi connectivity index (χ2v) is 8.82. The van der Waals surface area contributed by atoms with Crippen LogP contribution in [0.5, 0.6) is 0 Å². The summed E-state index contributed by atoms with van der Waals surface area (Å²) in [5.41, 5.74) is 7.93. The molecule has 2 aromatic carbocycles. The molecule has 31 heavy (non-hydrogen) atoms. The van der Waals surface area contributed by atoms with Gasteiger partial charge in [-0.3, -0.25) is 9.78 Å². The molecule has 6 heteroatoms. The van der Waals surface area contributed by atoms with Crippen molar-refractivity contribution in [3.8, 4) is 11.1 Å². The summed E-state index contributed by atoms with van der Waals surface area (Å²) < 4.78 is 1.16. The number of anilines is 2. The van der Waals surface area contributed by atoms with Gasteiger partial charge in [0, 0.05) is 36.8 Å². The van der Waals surface area contributed by atoms with Gasteiger partial charge in [-0.05, 0) is 41.3 Å². The zero-order valence-electron chi connectivity index (χ0n) is 17.3. The highest BCUT2D eigenvalue weighted by Gasteiger charge is 2.24. The number of amides is 1. The van der Waals surface area contributed by atoms with Crippen molar-refractivity contribution in [2.24, 2.45) is 0 Å². The van der Waals surface area contributed by atoms with Crippen LogP contribution in [0, 0.1) is 6.92 Å². The van der Waals surface area contributed by atoms with Crippen molar-refractivity contribution >= 4 is 38.8 Å². The van der Waals surface area contributed by atoms with Crippen LogP contribution in [0.4, 0.5) is 11.4 Å². The third kappa shape index (κ3) is 4.17. The van der Waals surface area contributed by atoms with Crippen molar-refractivity contribution in [2.45, 2.75) is 25.9 Å². The minimum atomic E-state index is 0.137. The first-order valence-corrected chi connectivity index (χ1v) is 11.3. The minimum absolute atomic E-state index is 0.137. The average molecular weight is 429 g/mol. The number of thiophene rings is 1. The lowest BCUT2D eigenvalue weighted by molar-refractivity contribution is -0.128. The Bertz CT molecular complexity index is 1230. The van der Waals surface area contributed by atoms with Gasteiger partial charge in [0.15, 0.2) is 0 Å². The Labute approximate surface area is 185 Å². The second kappa shape index (κ2) is 8.49. The summed E-state index contributed by atoms with van der Waals surface area (Å²) >= 11 is 1.70. The van der Waals surface area contributed by atoms with Crippen molar-refractivity contribution in [1.29, 1.82) is 0 Å². The van der Waals surface area contributed by atoms with E-state index in [4.69, 9.17) is 4.98 Å². The Morgan fingerprint density at radius 2 is 1.97 bits per heavy atom. The number of carbonyl (C=O) groups excluding carboxylic acids is 1. The third-order valence-electron chi connectivity index (χ3n) is 5.67. The number of nitrogens with one attached hydrogen (secondary N) is 3. The number of aromatic nitrogens is 1. The number of carbonyl (C=O) groups is 1. The molecule has 0 bridgehead atoms. The molecule has 4 aromatic rings. The number of hydrogen-bond acceptors (Lipinski definition) is 5. The topological polar surface area (TPSA) is 66.0 Å². The number of fused-ring (bicyclic) bond motifs is 1. The van der Waals surface area contributed by atoms with Gasteiger partial charge in [-0.1, -0.05) is 42.5 Å². The van der Waals surface area contributed by atoms with Crippen molar-refractivity contribution in [3.63, 3.8) is 0 Å². The monoisotopic (exact) mass is 428 g/mol. The summed E-state index contributed by atoms with van der Waals surface area (Å²) in [5, 5.41) is 12.0. The molecule has 5 rings (SSSR count). The summed E-state index contributed by atoms with van der Waals surface area (Å²) in [4.78, 5) is 15.7. The van der Waals surface area contributed by atoms with Gasteiger partial charge in [-0.15, -0.1) is 11.3 Å². The van der Waals surface area contributed by atoms with Crippen molar-refractivity contribution in [3.05, 3.63) is 77.3 Å². The van der Waals surface area contributed by atoms with E-state index in [0.717, 1.165) is 40.2 Å². The van der Waals surface area contributed by atoms with Crippen LogP contribution < -0.4 is 16.0 Å². The Hall–Kier alpha value is -3.22. The van der Waals surface area contributed by atoms with Gasteiger partial charge in [0.25, 0.3) is 0 Å². The van der Waals surface area contributed by atoms with Crippen molar-refractivity contribution < 1.29 is 4.79 Å². The molecule has 0 radical (unpaired) electrons.